The van der Waals surface area contributed by atoms with Crippen LogP contribution < -0.4 is 10.1 Å². The molecule has 1 aliphatic rings. The Bertz CT molecular complexity index is 1600. The Morgan fingerprint density at radius 3 is 2.51 bits per heavy atom. The molecule has 3 aromatic carbocycles. The summed E-state index contributed by atoms with van der Waals surface area (Å²) in [6.45, 7) is 0. The zero-order valence-electron chi connectivity index (χ0n) is 20.6. The molecule has 6 heteroatoms. The molecule has 5 nitrogen and oxygen atoms in total. The van der Waals surface area contributed by atoms with E-state index in [4.69, 9.17) is 9.73 Å². The molecule has 1 aliphatic carbocycles. The zero-order chi connectivity index (χ0) is 25.2. The lowest BCUT2D eigenvalue weighted by atomic mass is 9.95. The molecule has 0 unspecified atom stereocenters. The largest absolute Gasteiger partial charge is 0.495 e. The van der Waals surface area contributed by atoms with E-state index in [2.05, 4.69) is 28.5 Å². The third kappa shape index (κ3) is 4.45. The molecule has 1 amide bonds. The van der Waals surface area contributed by atoms with Gasteiger partial charge in [0.25, 0.3) is 5.91 Å². The van der Waals surface area contributed by atoms with Gasteiger partial charge >= 0.3 is 0 Å². The van der Waals surface area contributed by atoms with Crippen LogP contribution >= 0.6 is 11.3 Å². The van der Waals surface area contributed by atoms with Gasteiger partial charge in [0.1, 0.15) is 10.8 Å². The SMILES string of the molecule is COc1cccc2c(C=Nc3sc4c(c3C(=O)Nc3ccccc3)CCCC4)c(-c3ccccc3)[nH]c12. The molecule has 0 spiro atoms. The lowest BCUT2D eigenvalue weighted by Gasteiger charge is -2.12. The summed E-state index contributed by atoms with van der Waals surface area (Å²) >= 11 is 1.64. The third-order valence-corrected chi connectivity index (χ3v) is 8.04. The highest BCUT2D eigenvalue weighted by molar-refractivity contribution is 7.16. The molecule has 2 aromatic heterocycles. The van der Waals surface area contributed by atoms with Gasteiger partial charge in [-0.3, -0.25) is 4.79 Å². The van der Waals surface area contributed by atoms with Gasteiger partial charge in [0.2, 0.25) is 0 Å². The first kappa shape index (κ1) is 23.3. The first-order chi connectivity index (χ1) is 18.2. The Hall–Kier alpha value is -4.16. The van der Waals surface area contributed by atoms with E-state index in [1.165, 1.54) is 4.88 Å². The summed E-state index contributed by atoms with van der Waals surface area (Å²) in [7, 11) is 1.68. The van der Waals surface area contributed by atoms with Gasteiger partial charge in [-0.25, -0.2) is 4.99 Å². The average molecular weight is 506 g/mol. The fraction of sp³-hybridized carbons (Fsp3) is 0.161. The van der Waals surface area contributed by atoms with Crippen molar-refractivity contribution in [2.24, 2.45) is 4.99 Å². The van der Waals surface area contributed by atoms with Crippen LogP contribution in [0.1, 0.15) is 39.2 Å². The number of thiophene rings is 1. The van der Waals surface area contributed by atoms with Crippen LogP contribution in [-0.2, 0) is 12.8 Å². The molecule has 0 bridgehead atoms. The Labute approximate surface area is 219 Å². The monoisotopic (exact) mass is 505 g/mol. The van der Waals surface area contributed by atoms with E-state index >= 15 is 0 Å². The summed E-state index contributed by atoms with van der Waals surface area (Å²) in [6.07, 6.45) is 6.06. The number of methoxy groups -OCH3 is 1. The summed E-state index contributed by atoms with van der Waals surface area (Å²) in [5, 5.41) is 4.87. The molecule has 0 saturated heterocycles. The summed E-state index contributed by atoms with van der Waals surface area (Å²) in [6, 6.07) is 25.8. The normalized spacial score (nSPS) is 13.1. The van der Waals surface area contributed by atoms with E-state index in [9.17, 15) is 4.79 Å². The van der Waals surface area contributed by atoms with Crippen LogP contribution in [0.2, 0.25) is 0 Å². The number of aromatic amines is 1. The van der Waals surface area contributed by atoms with Crippen LogP contribution in [0.5, 0.6) is 5.75 Å². The molecule has 0 aliphatic heterocycles. The Kier molecular flexibility index (Phi) is 6.33. The van der Waals surface area contributed by atoms with Crippen molar-refractivity contribution in [3.8, 4) is 17.0 Å². The molecule has 0 radical (unpaired) electrons. The molecule has 184 valence electrons. The molecule has 5 aromatic rings. The Balaban J connectivity index is 1.46. The number of ether oxygens (including phenoxy) is 1. The van der Waals surface area contributed by atoms with Crippen molar-refractivity contribution >= 4 is 45.0 Å². The molecular weight excluding hydrogens is 478 g/mol. The number of carbonyl (C=O) groups excluding carboxylic acids is 1. The van der Waals surface area contributed by atoms with E-state index in [0.29, 0.717) is 5.56 Å². The fourth-order valence-corrected chi connectivity index (χ4v) is 6.29. The molecule has 6 rings (SSSR count). The Morgan fingerprint density at radius 2 is 1.73 bits per heavy atom. The molecule has 2 heterocycles. The lowest BCUT2D eigenvalue weighted by molar-refractivity contribution is 0.102. The maximum Gasteiger partial charge on any atom is 0.259 e. The minimum atomic E-state index is -0.0957. The number of hydrogen-bond donors (Lipinski definition) is 2. The van der Waals surface area contributed by atoms with Crippen molar-refractivity contribution in [1.29, 1.82) is 0 Å². The number of aromatic nitrogens is 1. The topological polar surface area (TPSA) is 66.5 Å². The number of nitrogens with zero attached hydrogens (tertiary/aromatic N) is 1. The highest BCUT2D eigenvalue weighted by Gasteiger charge is 2.25. The minimum Gasteiger partial charge on any atom is -0.495 e. The van der Waals surface area contributed by atoms with Gasteiger partial charge in [-0.05, 0) is 55.0 Å². The lowest BCUT2D eigenvalue weighted by Crippen LogP contribution is -2.14. The van der Waals surface area contributed by atoms with Crippen LogP contribution in [0.15, 0.2) is 83.9 Å². The van der Waals surface area contributed by atoms with E-state index in [1.807, 2.05) is 66.9 Å². The van der Waals surface area contributed by atoms with Gasteiger partial charge in [0, 0.05) is 27.7 Å². The van der Waals surface area contributed by atoms with E-state index < -0.39 is 0 Å². The van der Waals surface area contributed by atoms with Crippen LogP contribution in [0.4, 0.5) is 10.7 Å². The number of para-hydroxylation sites is 2. The zero-order valence-corrected chi connectivity index (χ0v) is 21.4. The quantitative estimate of drug-likeness (QED) is 0.231. The molecule has 0 atom stereocenters. The number of nitrogens with one attached hydrogen (secondary N) is 2. The number of carbonyl (C=O) groups is 1. The second kappa shape index (κ2) is 10.1. The number of benzene rings is 3. The summed E-state index contributed by atoms with van der Waals surface area (Å²) in [4.78, 5) is 23.3. The van der Waals surface area contributed by atoms with Gasteiger partial charge in [-0.2, -0.15) is 0 Å². The number of amides is 1. The summed E-state index contributed by atoms with van der Waals surface area (Å²) < 4.78 is 5.63. The summed E-state index contributed by atoms with van der Waals surface area (Å²) in [5.74, 6) is 0.686. The summed E-state index contributed by atoms with van der Waals surface area (Å²) in [5.41, 5.74) is 6.58. The van der Waals surface area contributed by atoms with Gasteiger partial charge in [-0.1, -0.05) is 60.7 Å². The van der Waals surface area contributed by atoms with E-state index in [-0.39, 0.29) is 5.91 Å². The van der Waals surface area contributed by atoms with Crippen molar-refractivity contribution in [2.45, 2.75) is 25.7 Å². The molecule has 0 fully saturated rings. The van der Waals surface area contributed by atoms with Crippen molar-refractivity contribution < 1.29 is 9.53 Å². The van der Waals surface area contributed by atoms with Gasteiger partial charge in [0.05, 0.1) is 23.9 Å². The third-order valence-electron chi connectivity index (χ3n) is 6.84. The van der Waals surface area contributed by atoms with Gasteiger partial charge in [-0.15, -0.1) is 11.3 Å². The molecule has 2 N–H and O–H groups in total. The number of fused-ring (bicyclic) bond motifs is 2. The number of aryl methyl sites for hydroxylation is 1. The number of H-pyrrole nitrogens is 1. The van der Waals surface area contributed by atoms with Crippen LogP contribution in [0.25, 0.3) is 22.2 Å². The van der Waals surface area contributed by atoms with Crippen LogP contribution in [-0.4, -0.2) is 24.2 Å². The maximum absolute atomic E-state index is 13.5. The smallest absolute Gasteiger partial charge is 0.259 e. The van der Waals surface area contributed by atoms with Crippen molar-refractivity contribution in [1.82, 2.24) is 4.98 Å². The minimum absolute atomic E-state index is 0.0957. The molecular formula is C31H27N3O2S. The predicted octanol–water partition coefficient (Wildman–Crippen LogP) is 7.79. The predicted molar refractivity (Wildman–Crippen MR) is 153 cm³/mol. The van der Waals surface area contributed by atoms with E-state index in [1.54, 1.807) is 18.4 Å². The second-order valence-corrected chi connectivity index (χ2v) is 10.2. The first-order valence-corrected chi connectivity index (χ1v) is 13.3. The number of rotatable bonds is 6. The van der Waals surface area contributed by atoms with Crippen molar-refractivity contribution in [3.63, 3.8) is 0 Å². The van der Waals surface area contributed by atoms with Crippen molar-refractivity contribution in [3.05, 3.63) is 100 Å². The maximum atomic E-state index is 13.5. The first-order valence-electron chi connectivity index (χ1n) is 12.5. The highest BCUT2D eigenvalue weighted by atomic mass is 32.1. The molecule has 0 saturated carbocycles. The van der Waals surface area contributed by atoms with Crippen molar-refractivity contribution in [2.75, 3.05) is 12.4 Å². The van der Waals surface area contributed by atoms with Crippen LogP contribution in [0, 0.1) is 0 Å². The number of aliphatic imine (C=N–C) groups is 1. The standard InChI is InChI=1S/C31H27N3O2S/c1-36-25-17-10-16-22-24(28(34-29(22)25)20-11-4-2-5-12-20)19-32-31-27(23-15-8-9-18-26(23)37-31)30(35)33-21-13-6-3-7-14-21/h2-7,10-14,16-17,19,34H,8-9,15,18H2,1H3,(H,33,35). The number of hydrogen-bond acceptors (Lipinski definition) is 4. The Morgan fingerprint density at radius 1 is 0.973 bits per heavy atom. The van der Waals surface area contributed by atoms with Gasteiger partial charge in [0.15, 0.2) is 0 Å². The number of anilines is 1. The highest BCUT2D eigenvalue weighted by Crippen LogP contribution is 2.41. The van der Waals surface area contributed by atoms with Crippen LogP contribution in [0.3, 0.4) is 0 Å². The van der Waals surface area contributed by atoms with E-state index in [0.717, 1.165) is 75.4 Å². The average Bonchev–Trinajstić information content (AvgIpc) is 3.51. The van der Waals surface area contributed by atoms with Gasteiger partial charge < -0.3 is 15.0 Å². The second-order valence-electron chi connectivity index (χ2n) is 9.13. The fourth-order valence-electron chi connectivity index (χ4n) is 5.06. The molecule has 37 heavy (non-hydrogen) atoms.